The van der Waals surface area contributed by atoms with Crippen molar-refractivity contribution in [1.82, 2.24) is 35.2 Å². The number of nitrogens with zero attached hydrogens (tertiary/aromatic N) is 7. The molecule has 0 aliphatic heterocycles. The molecule has 0 atom stereocenters. The van der Waals surface area contributed by atoms with E-state index >= 15 is 0 Å². The van der Waals surface area contributed by atoms with E-state index in [9.17, 15) is 10.1 Å². The molecule has 10 nitrogen and oxygen atoms in total. The number of hydrogen-bond donors (Lipinski definition) is 1. The fraction of sp³-hybridized carbons (Fsp3) is 0.179. The van der Waals surface area contributed by atoms with Crippen LogP contribution in [0.2, 0.25) is 0 Å². The molecule has 0 saturated heterocycles. The van der Waals surface area contributed by atoms with Crippen LogP contribution in [0.1, 0.15) is 49.7 Å². The van der Waals surface area contributed by atoms with E-state index in [4.69, 9.17) is 4.74 Å². The number of ketones is 1. The summed E-state index contributed by atoms with van der Waals surface area (Å²) in [5, 5.41) is 23.9. The lowest BCUT2D eigenvalue weighted by Crippen LogP contribution is -2.05. The summed E-state index contributed by atoms with van der Waals surface area (Å²) >= 11 is 0. The minimum absolute atomic E-state index is 0.0548. The van der Waals surface area contributed by atoms with Crippen molar-refractivity contribution in [3.63, 3.8) is 0 Å². The average molecular weight is 505 g/mol. The lowest BCUT2D eigenvalue weighted by Gasteiger charge is -2.07. The van der Waals surface area contributed by atoms with Crippen LogP contribution in [0.4, 0.5) is 0 Å². The Morgan fingerprint density at radius 3 is 2.76 bits per heavy atom. The molecule has 2 aromatic carbocycles. The Kier molecular flexibility index (Phi) is 7.10. The molecule has 5 rings (SSSR count). The maximum Gasteiger partial charge on any atom is 0.200 e. The minimum Gasteiger partial charge on any atom is -0.369 e. The molecule has 0 aliphatic rings. The van der Waals surface area contributed by atoms with Gasteiger partial charge in [0.1, 0.15) is 18.6 Å². The van der Waals surface area contributed by atoms with Gasteiger partial charge in [0.15, 0.2) is 11.6 Å². The van der Waals surface area contributed by atoms with Gasteiger partial charge in [-0.3, -0.25) is 4.79 Å². The zero-order chi connectivity index (χ0) is 26.5. The van der Waals surface area contributed by atoms with E-state index in [1.807, 2.05) is 73.0 Å². The van der Waals surface area contributed by atoms with E-state index in [2.05, 4.69) is 36.7 Å². The van der Waals surface area contributed by atoms with Crippen molar-refractivity contribution in [2.45, 2.75) is 33.6 Å². The first-order valence-corrected chi connectivity index (χ1v) is 11.9. The lowest BCUT2D eigenvalue weighted by molar-refractivity contribution is 0.101. The van der Waals surface area contributed by atoms with Crippen LogP contribution in [0, 0.1) is 25.2 Å². The Balaban J connectivity index is 1.35. The topological polar surface area (TPSA) is 135 Å². The standard InChI is InChI=1S/C28H24N8O2/c1-18-5-8-21(9-6-18)27(37)26-19(2)36(28-24(26)14-30-17-31-28)11-3-4-20-7-10-22(23(12-20)13-29)15-38-16-25-32-34-35-33-25/h3-10,12,14,17H,11,15-16H2,1-2H3,(H,32,33,34,35). The Morgan fingerprint density at radius 2 is 2.00 bits per heavy atom. The molecule has 0 radical (unpaired) electrons. The maximum atomic E-state index is 13.4. The summed E-state index contributed by atoms with van der Waals surface area (Å²) in [5.74, 6) is 0.394. The first-order valence-electron chi connectivity index (χ1n) is 11.9. The number of rotatable bonds is 9. The van der Waals surface area contributed by atoms with Crippen molar-refractivity contribution in [2.75, 3.05) is 0 Å². The van der Waals surface area contributed by atoms with Gasteiger partial charge in [-0.15, -0.1) is 10.2 Å². The summed E-state index contributed by atoms with van der Waals surface area (Å²) in [4.78, 5) is 22.0. The molecule has 0 spiro atoms. The van der Waals surface area contributed by atoms with Crippen LogP contribution < -0.4 is 0 Å². The molecule has 38 heavy (non-hydrogen) atoms. The van der Waals surface area contributed by atoms with Gasteiger partial charge in [-0.2, -0.15) is 10.5 Å². The van der Waals surface area contributed by atoms with Crippen molar-refractivity contribution in [1.29, 1.82) is 5.26 Å². The van der Waals surface area contributed by atoms with Gasteiger partial charge in [-0.25, -0.2) is 9.97 Å². The molecule has 0 aliphatic carbocycles. The highest BCUT2D eigenvalue weighted by atomic mass is 16.5. The quantitative estimate of drug-likeness (QED) is 0.297. The zero-order valence-corrected chi connectivity index (χ0v) is 20.9. The van der Waals surface area contributed by atoms with Crippen LogP contribution >= 0.6 is 0 Å². The second-order valence-electron chi connectivity index (χ2n) is 8.78. The van der Waals surface area contributed by atoms with Gasteiger partial charge in [0.05, 0.1) is 23.8 Å². The van der Waals surface area contributed by atoms with E-state index in [1.165, 1.54) is 6.33 Å². The number of aromatic amines is 1. The number of ether oxygens (including phenoxy) is 1. The highest BCUT2D eigenvalue weighted by Gasteiger charge is 2.21. The van der Waals surface area contributed by atoms with Crippen molar-refractivity contribution in [3.8, 4) is 6.07 Å². The highest BCUT2D eigenvalue weighted by Crippen LogP contribution is 2.27. The van der Waals surface area contributed by atoms with E-state index in [1.54, 1.807) is 6.20 Å². The summed E-state index contributed by atoms with van der Waals surface area (Å²) in [5.41, 5.74) is 6.03. The number of fused-ring (bicyclic) bond motifs is 1. The molecule has 0 amide bonds. The SMILES string of the molecule is Cc1ccc(C(=O)c2c(C)n(CC=Cc3ccc(COCc4nn[nH]n4)c(C#N)c3)c3ncncc23)cc1. The summed E-state index contributed by atoms with van der Waals surface area (Å²) in [7, 11) is 0. The number of aromatic nitrogens is 7. The number of nitrogens with one attached hydrogen (secondary N) is 1. The maximum absolute atomic E-state index is 13.4. The Hall–Kier alpha value is -5.01. The number of allylic oxidation sites excluding steroid dienone is 1. The van der Waals surface area contributed by atoms with Crippen molar-refractivity contribution in [3.05, 3.63) is 106 Å². The largest absolute Gasteiger partial charge is 0.369 e. The Labute approximate surface area is 218 Å². The number of H-pyrrole nitrogens is 1. The molecule has 10 heteroatoms. The van der Waals surface area contributed by atoms with Crippen LogP contribution in [0.5, 0.6) is 0 Å². The summed E-state index contributed by atoms with van der Waals surface area (Å²) in [6.07, 6.45) is 7.10. The van der Waals surface area contributed by atoms with Crippen molar-refractivity contribution >= 4 is 22.9 Å². The van der Waals surface area contributed by atoms with Crippen molar-refractivity contribution in [2.24, 2.45) is 0 Å². The van der Waals surface area contributed by atoms with Crippen molar-refractivity contribution < 1.29 is 9.53 Å². The van der Waals surface area contributed by atoms with Crippen LogP contribution in [-0.4, -0.2) is 40.9 Å². The molecular weight excluding hydrogens is 480 g/mol. The number of tetrazole rings is 1. The Morgan fingerprint density at radius 1 is 1.16 bits per heavy atom. The third-order valence-corrected chi connectivity index (χ3v) is 6.25. The van der Waals surface area contributed by atoms with E-state index in [0.717, 1.165) is 27.8 Å². The molecule has 0 fully saturated rings. The lowest BCUT2D eigenvalue weighted by atomic mass is 10.0. The zero-order valence-electron chi connectivity index (χ0n) is 20.9. The number of nitriles is 1. The number of carbonyl (C=O) groups is 1. The van der Waals surface area contributed by atoms with Crippen LogP contribution in [0.25, 0.3) is 17.1 Å². The second-order valence-corrected chi connectivity index (χ2v) is 8.78. The second kappa shape index (κ2) is 10.9. The van der Waals surface area contributed by atoms with Crippen LogP contribution in [0.3, 0.4) is 0 Å². The molecule has 1 N–H and O–H groups in total. The fourth-order valence-electron chi connectivity index (χ4n) is 4.28. The van der Waals surface area contributed by atoms with Crippen LogP contribution in [0.15, 0.2) is 61.1 Å². The number of carbonyl (C=O) groups excluding carboxylic acids is 1. The predicted octanol–water partition coefficient (Wildman–Crippen LogP) is 4.09. The monoisotopic (exact) mass is 504 g/mol. The first-order chi connectivity index (χ1) is 18.5. The smallest absolute Gasteiger partial charge is 0.200 e. The molecular formula is C28H24N8O2. The van der Waals surface area contributed by atoms with Crippen LogP contribution in [-0.2, 0) is 24.5 Å². The molecule has 0 unspecified atom stereocenters. The fourth-order valence-corrected chi connectivity index (χ4v) is 4.28. The van der Waals surface area contributed by atoms with E-state index in [0.29, 0.717) is 34.7 Å². The molecule has 5 aromatic rings. The van der Waals surface area contributed by atoms with Gasteiger partial charge in [0.2, 0.25) is 0 Å². The van der Waals surface area contributed by atoms with Gasteiger partial charge < -0.3 is 9.30 Å². The van der Waals surface area contributed by atoms with Gasteiger partial charge >= 0.3 is 0 Å². The third-order valence-electron chi connectivity index (χ3n) is 6.25. The van der Waals surface area contributed by atoms with Gasteiger partial charge in [0.25, 0.3) is 0 Å². The van der Waals surface area contributed by atoms with Gasteiger partial charge in [-0.05, 0) is 31.0 Å². The number of benzene rings is 2. The Bertz CT molecular complexity index is 1660. The molecule has 188 valence electrons. The summed E-state index contributed by atoms with van der Waals surface area (Å²) in [6, 6.07) is 15.4. The average Bonchev–Trinajstić information content (AvgIpc) is 3.55. The first kappa shape index (κ1) is 24.7. The number of hydrogen-bond acceptors (Lipinski definition) is 8. The normalized spacial score (nSPS) is 11.3. The van der Waals surface area contributed by atoms with Gasteiger partial charge in [-0.1, -0.05) is 59.3 Å². The molecule has 0 bridgehead atoms. The highest BCUT2D eigenvalue weighted by molar-refractivity contribution is 6.17. The third kappa shape index (κ3) is 5.09. The van der Waals surface area contributed by atoms with E-state index < -0.39 is 0 Å². The predicted molar refractivity (Wildman–Crippen MR) is 140 cm³/mol. The summed E-state index contributed by atoms with van der Waals surface area (Å²) < 4.78 is 7.60. The van der Waals surface area contributed by atoms with Gasteiger partial charge in [0, 0.05) is 29.4 Å². The summed E-state index contributed by atoms with van der Waals surface area (Å²) in [6.45, 7) is 4.87. The minimum atomic E-state index is -0.0548. The van der Waals surface area contributed by atoms with E-state index in [-0.39, 0.29) is 19.0 Å². The molecule has 3 aromatic heterocycles. The molecule has 0 saturated carbocycles. The number of aryl methyl sites for hydroxylation is 1. The molecule has 3 heterocycles.